The molecule has 21 heavy (non-hydrogen) atoms. The Morgan fingerprint density at radius 3 is 2.95 bits per heavy atom. The minimum absolute atomic E-state index is 0.191. The van der Waals surface area contributed by atoms with Gasteiger partial charge < -0.3 is 11.1 Å². The van der Waals surface area contributed by atoms with Crippen LogP contribution in [-0.2, 0) is 13.0 Å². The van der Waals surface area contributed by atoms with Gasteiger partial charge in [-0.05, 0) is 6.42 Å². The minimum Gasteiger partial charge on any atom is -0.383 e. The van der Waals surface area contributed by atoms with Gasteiger partial charge >= 0.3 is 5.69 Å². The first-order chi connectivity index (χ1) is 10.1. The molecule has 0 aliphatic heterocycles. The number of unbranched alkanes of at least 4 members (excludes halogenated alkanes) is 1. The van der Waals surface area contributed by atoms with E-state index >= 15 is 0 Å². The zero-order valence-electron chi connectivity index (χ0n) is 11.9. The molecule has 0 saturated heterocycles. The maximum absolute atomic E-state index is 11.9. The molecule has 2 rings (SSSR count). The molecule has 7 nitrogen and oxygen atoms in total. The van der Waals surface area contributed by atoms with Crippen LogP contribution in [-0.4, -0.2) is 21.1 Å². The topological polar surface area (TPSA) is 106 Å². The second kappa shape index (κ2) is 7.07. The van der Waals surface area contributed by atoms with Gasteiger partial charge in [-0.25, -0.2) is 9.78 Å². The molecule has 114 valence electrons. The fourth-order valence-electron chi connectivity index (χ4n) is 1.97. The van der Waals surface area contributed by atoms with E-state index in [1.165, 1.54) is 4.57 Å². The maximum atomic E-state index is 11.9. The van der Waals surface area contributed by atoms with Crippen LogP contribution < -0.4 is 22.3 Å². The summed E-state index contributed by atoms with van der Waals surface area (Å²) in [6.45, 7) is 3.06. The summed E-state index contributed by atoms with van der Waals surface area (Å²) in [5.41, 5.74) is 5.26. The quantitative estimate of drug-likeness (QED) is 0.708. The summed E-state index contributed by atoms with van der Waals surface area (Å²) in [5.74, 6) is 0.191. The molecule has 0 atom stereocenters. The summed E-state index contributed by atoms with van der Waals surface area (Å²) in [7, 11) is 0. The van der Waals surface area contributed by atoms with Crippen LogP contribution in [0.4, 0.5) is 11.5 Å². The number of hydrogen-bond acceptors (Lipinski definition) is 6. The third-order valence-corrected chi connectivity index (χ3v) is 3.94. The van der Waals surface area contributed by atoms with Crippen molar-refractivity contribution in [1.82, 2.24) is 14.5 Å². The van der Waals surface area contributed by atoms with Crippen LogP contribution in [0, 0.1) is 0 Å². The Bertz CT molecular complexity index is 690. The predicted molar refractivity (Wildman–Crippen MR) is 85.0 cm³/mol. The minimum atomic E-state index is -0.482. The SMILES string of the molecule is CCCCn1c(N)c(NCCc2nccs2)c(=O)[nH]c1=O. The molecule has 0 spiro atoms. The molecular weight excluding hydrogens is 290 g/mol. The normalized spacial score (nSPS) is 10.7. The van der Waals surface area contributed by atoms with Crippen LogP contribution in [0.15, 0.2) is 21.2 Å². The van der Waals surface area contributed by atoms with Crippen molar-refractivity contribution in [2.75, 3.05) is 17.6 Å². The van der Waals surface area contributed by atoms with E-state index in [1.54, 1.807) is 17.5 Å². The van der Waals surface area contributed by atoms with Crippen molar-refractivity contribution in [3.63, 3.8) is 0 Å². The highest BCUT2D eigenvalue weighted by molar-refractivity contribution is 7.09. The van der Waals surface area contributed by atoms with Crippen molar-refractivity contribution in [3.8, 4) is 0 Å². The van der Waals surface area contributed by atoms with Gasteiger partial charge in [0.15, 0.2) is 0 Å². The number of hydrogen-bond donors (Lipinski definition) is 3. The Morgan fingerprint density at radius 1 is 1.48 bits per heavy atom. The van der Waals surface area contributed by atoms with Crippen LogP contribution in [0.25, 0.3) is 0 Å². The number of nitrogens with two attached hydrogens (primary N) is 1. The summed E-state index contributed by atoms with van der Waals surface area (Å²) in [5, 5.41) is 5.89. The largest absolute Gasteiger partial charge is 0.383 e. The fourth-order valence-corrected chi connectivity index (χ4v) is 2.59. The number of aromatic nitrogens is 3. The Morgan fingerprint density at radius 2 is 2.29 bits per heavy atom. The molecule has 0 fully saturated rings. The van der Waals surface area contributed by atoms with E-state index in [2.05, 4.69) is 15.3 Å². The first kappa shape index (κ1) is 15.3. The smallest absolute Gasteiger partial charge is 0.330 e. The van der Waals surface area contributed by atoms with Gasteiger partial charge in [-0.3, -0.25) is 14.3 Å². The third-order valence-electron chi connectivity index (χ3n) is 3.10. The molecule has 0 aliphatic carbocycles. The molecule has 2 heterocycles. The van der Waals surface area contributed by atoms with E-state index in [0.717, 1.165) is 17.8 Å². The molecular formula is C13H19N5O2S. The van der Waals surface area contributed by atoms with Crippen LogP contribution in [0.2, 0.25) is 0 Å². The lowest BCUT2D eigenvalue weighted by atomic mass is 10.3. The molecule has 2 aromatic heterocycles. The van der Waals surface area contributed by atoms with E-state index < -0.39 is 11.2 Å². The number of anilines is 2. The van der Waals surface area contributed by atoms with Gasteiger partial charge in [-0.2, -0.15) is 0 Å². The fraction of sp³-hybridized carbons (Fsp3) is 0.462. The third kappa shape index (κ3) is 3.72. The van der Waals surface area contributed by atoms with Gasteiger partial charge in [0.25, 0.3) is 5.56 Å². The van der Waals surface area contributed by atoms with Crippen LogP contribution in [0.5, 0.6) is 0 Å². The molecule has 0 amide bonds. The zero-order valence-corrected chi connectivity index (χ0v) is 12.7. The van der Waals surface area contributed by atoms with Gasteiger partial charge in [0.2, 0.25) is 0 Å². The Kier molecular flexibility index (Phi) is 5.15. The lowest BCUT2D eigenvalue weighted by Gasteiger charge is -2.13. The summed E-state index contributed by atoms with van der Waals surface area (Å²) in [4.78, 5) is 30.1. The first-order valence-corrected chi connectivity index (χ1v) is 7.76. The number of rotatable bonds is 7. The van der Waals surface area contributed by atoms with E-state index in [4.69, 9.17) is 5.73 Å². The number of nitrogens with zero attached hydrogens (tertiary/aromatic N) is 2. The van der Waals surface area contributed by atoms with Gasteiger partial charge in [0.1, 0.15) is 11.5 Å². The molecule has 0 aliphatic rings. The van der Waals surface area contributed by atoms with Crippen molar-refractivity contribution >= 4 is 22.8 Å². The van der Waals surface area contributed by atoms with Crippen molar-refractivity contribution in [3.05, 3.63) is 37.4 Å². The van der Waals surface area contributed by atoms with Crippen molar-refractivity contribution < 1.29 is 0 Å². The summed E-state index contributed by atoms with van der Waals surface area (Å²) in [6, 6.07) is 0. The Balaban J connectivity index is 2.14. The number of H-pyrrole nitrogens is 1. The predicted octanol–water partition coefficient (Wildman–Crippen LogP) is 1.03. The number of nitrogen functional groups attached to an aromatic ring is 1. The van der Waals surface area contributed by atoms with E-state index in [-0.39, 0.29) is 11.5 Å². The van der Waals surface area contributed by atoms with Gasteiger partial charge in [0.05, 0.1) is 5.01 Å². The Labute approximate surface area is 125 Å². The van der Waals surface area contributed by atoms with Crippen LogP contribution >= 0.6 is 11.3 Å². The highest BCUT2D eigenvalue weighted by atomic mass is 32.1. The van der Waals surface area contributed by atoms with E-state index in [9.17, 15) is 9.59 Å². The molecule has 2 aromatic rings. The zero-order chi connectivity index (χ0) is 15.2. The number of nitrogens with one attached hydrogen (secondary N) is 2. The van der Waals surface area contributed by atoms with E-state index in [0.29, 0.717) is 19.5 Å². The molecule has 8 heteroatoms. The highest BCUT2D eigenvalue weighted by Gasteiger charge is 2.11. The highest BCUT2D eigenvalue weighted by Crippen LogP contribution is 2.11. The van der Waals surface area contributed by atoms with Gasteiger partial charge in [-0.1, -0.05) is 13.3 Å². The molecule has 0 bridgehead atoms. The standard InChI is InChI=1S/C13H19N5O2S/c1-2-3-7-18-11(14)10(12(19)17-13(18)20)16-5-4-9-15-6-8-21-9/h6,8,16H,2-5,7,14H2,1H3,(H,17,19,20). The summed E-state index contributed by atoms with van der Waals surface area (Å²) in [6.07, 6.45) is 4.21. The van der Waals surface area contributed by atoms with Crippen molar-refractivity contribution in [2.45, 2.75) is 32.7 Å². The second-order valence-corrected chi connectivity index (χ2v) is 5.61. The van der Waals surface area contributed by atoms with Crippen LogP contribution in [0.1, 0.15) is 24.8 Å². The van der Waals surface area contributed by atoms with E-state index in [1.807, 2.05) is 12.3 Å². The van der Waals surface area contributed by atoms with Crippen molar-refractivity contribution in [2.24, 2.45) is 0 Å². The molecule has 0 unspecified atom stereocenters. The lowest BCUT2D eigenvalue weighted by Crippen LogP contribution is -2.34. The molecule has 0 radical (unpaired) electrons. The first-order valence-electron chi connectivity index (χ1n) is 6.88. The summed E-state index contributed by atoms with van der Waals surface area (Å²) >= 11 is 1.56. The average molecular weight is 309 g/mol. The molecule has 0 saturated carbocycles. The van der Waals surface area contributed by atoms with Crippen LogP contribution in [0.3, 0.4) is 0 Å². The maximum Gasteiger partial charge on any atom is 0.330 e. The van der Waals surface area contributed by atoms with Gasteiger partial charge in [0, 0.05) is 31.1 Å². The monoisotopic (exact) mass is 309 g/mol. The second-order valence-electron chi connectivity index (χ2n) is 4.63. The van der Waals surface area contributed by atoms with Crippen molar-refractivity contribution in [1.29, 1.82) is 0 Å². The number of thiazole rings is 1. The lowest BCUT2D eigenvalue weighted by molar-refractivity contribution is 0.605. The molecule has 4 N–H and O–H groups in total. The Hall–Kier alpha value is -2.09. The average Bonchev–Trinajstić information content (AvgIpc) is 2.95. The van der Waals surface area contributed by atoms with Gasteiger partial charge in [-0.15, -0.1) is 11.3 Å². The molecule has 0 aromatic carbocycles. The summed E-state index contributed by atoms with van der Waals surface area (Å²) < 4.78 is 1.40. The number of aromatic amines is 1.